The second-order valence-electron chi connectivity index (χ2n) is 5.04. The maximum atomic E-state index is 6.04. The summed E-state index contributed by atoms with van der Waals surface area (Å²) < 4.78 is 0. The van der Waals surface area contributed by atoms with Crippen LogP contribution in [-0.2, 0) is 6.42 Å². The lowest BCUT2D eigenvalue weighted by molar-refractivity contribution is 0.938. The lowest BCUT2D eigenvalue weighted by Crippen LogP contribution is -1.89. The monoisotopic (exact) mass is 328 g/mol. The van der Waals surface area contributed by atoms with Gasteiger partial charge in [0.05, 0.1) is 5.69 Å². The van der Waals surface area contributed by atoms with E-state index in [4.69, 9.17) is 16.6 Å². The Kier molecular flexibility index (Phi) is 4.76. The number of rotatable bonds is 5. The van der Waals surface area contributed by atoms with Gasteiger partial charge in [-0.1, -0.05) is 61.3 Å². The Morgan fingerprint density at radius 1 is 1.09 bits per heavy atom. The molecule has 0 saturated carbocycles. The summed E-state index contributed by atoms with van der Waals surface area (Å²) in [5, 5.41) is 4.98. The highest BCUT2D eigenvalue weighted by molar-refractivity contribution is 7.16. The molecule has 0 radical (unpaired) electrons. The average Bonchev–Trinajstić information content (AvgIpc) is 2.91. The third-order valence-electron chi connectivity index (χ3n) is 3.30. The summed E-state index contributed by atoms with van der Waals surface area (Å²) in [6, 6.07) is 18.0. The SMILES string of the molecule is CCCc1sc(Nc2cccc(Cl)c2)nc1-c1ccccc1. The second-order valence-corrected chi connectivity index (χ2v) is 6.56. The van der Waals surface area contributed by atoms with Crippen LogP contribution in [0.25, 0.3) is 11.3 Å². The molecule has 2 nitrogen and oxygen atoms in total. The van der Waals surface area contributed by atoms with Gasteiger partial charge in [0.25, 0.3) is 0 Å². The number of halogens is 1. The fourth-order valence-electron chi connectivity index (χ4n) is 2.31. The van der Waals surface area contributed by atoms with Crippen LogP contribution in [0.15, 0.2) is 54.6 Å². The lowest BCUT2D eigenvalue weighted by atomic mass is 10.1. The molecule has 0 aliphatic rings. The first-order chi connectivity index (χ1) is 10.8. The fraction of sp³-hybridized carbons (Fsp3) is 0.167. The standard InChI is InChI=1S/C18H17ClN2S/c1-2-7-16-17(13-8-4-3-5-9-13)21-18(22-16)20-15-11-6-10-14(19)12-15/h3-6,8-12H,2,7H2,1H3,(H,20,21). The first-order valence-corrected chi connectivity index (χ1v) is 8.53. The third-order valence-corrected chi connectivity index (χ3v) is 4.56. The molecule has 22 heavy (non-hydrogen) atoms. The maximum absolute atomic E-state index is 6.04. The van der Waals surface area contributed by atoms with Crippen LogP contribution >= 0.6 is 22.9 Å². The van der Waals surface area contributed by atoms with E-state index in [2.05, 4.69) is 36.5 Å². The Bertz CT molecular complexity index is 753. The molecule has 1 N–H and O–H groups in total. The van der Waals surface area contributed by atoms with Gasteiger partial charge in [0, 0.05) is 21.2 Å². The van der Waals surface area contributed by atoms with Gasteiger partial charge in [-0.05, 0) is 24.6 Å². The van der Waals surface area contributed by atoms with Crippen LogP contribution < -0.4 is 5.32 Å². The van der Waals surface area contributed by atoms with Gasteiger partial charge in [0.1, 0.15) is 0 Å². The normalized spacial score (nSPS) is 10.6. The first kappa shape index (κ1) is 15.1. The van der Waals surface area contributed by atoms with Crippen molar-refractivity contribution in [1.29, 1.82) is 0 Å². The molecule has 1 aromatic heterocycles. The topological polar surface area (TPSA) is 24.9 Å². The Morgan fingerprint density at radius 2 is 1.91 bits per heavy atom. The molecule has 0 aliphatic heterocycles. The van der Waals surface area contributed by atoms with Crippen LogP contribution in [0.4, 0.5) is 10.8 Å². The molecule has 0 saturated heterocycles. The van der Waals surface area contributed by atoms with Gasteiger partial charge >= 0.3 is 0 Å². The molecule has 0 aliphatic carbocycles. The smallest absolute Gasteiger partial charge is 0.187 e. The Balaban J connectivity index is 1.93. The quantitative estimate of drug-likeness (QED) is 0.606. The molecule has 0 spiro atoms. The molecular formula is C18H17ClN2S. The van der Waals surface area contributed by atoms with Crippen molar-refractivity contribution in [2.75, 3.05) is 5.32 Å². The highest BCUT2D eigenvalue weighted by Crippen LogP contribution is 2.33. The molecule has 112 valence electrons. The molecule has 1 heterocycles. The Morgan fingerprint density at radius 3 is 2.64 bits per heavy atom. The largest absolute Gasteiger partial charge is 0.331 e. The van der Waals surface area contributed by atoms with Gasteiger partial charge in [-0.3, -0.25) is 0 Å². The molecule has 0 atom stereocenters. The molecule has 0 amide bonds. The number of aryl methyl sites for hydroxylation is 1. The number of nitrogens with one attached hydrogen (secondary N) is 1. The minimum Gasteiger partial charge on any atom is -0.331 e. The molecule has 4 heteroatoms. The number of aromatic nitrogens is 1. The van der Waals surface area contributed by atoms with Gasteiger partial charge in [-0.25, -0.2) is 4.98 Å². The summed E-state index contributed by atoms with van der Waals surface area (Å²) in [4.78, 5) is 6.11. The maximum Gasteiger partial charge on any atom is 0.187 e. The van der Waals surface area contributed by atoms with Crippen molar-refractivity contribution < 1.29 is 0 Å². The van der Waals surface area contributed by atoms with E-state index in [9.17, 15) is 0 Å². The lowest BCUT2D eigenvalue weighted by Gasteiger charge is -2.02. The van der Waals surface area contributed by atoms with Gasteiger partial charge in [0.2, 0.25) is 0 Å². The highest BCUT2D eigenvalue weighted by Gasteiger charge is 2.12. The molecule has 0 fully saturated rings. The molecule has 0 unspecified atom stereocenters. The van der Waals surface area contributed by atoms with Gasteiger partial charge in [-0.2, -0.15) is 0 Å². The van der Waals surface area contributed by atoms with Crippen molar-refractivity contribution in [3.63, 3.8) is 0 Å². The van der Waals surface area contributed by atoms with Crippen LogP contribution in [0.3, 0.4) is 0 Å². The van der Waals surface area contributed by atoms with E-state index >= 15 is 0 Å². The zero-order valence-electron chi connectivity index (χ0n) is 12.3. The first-order valence-electron chi connectivity index (χ1n) is 7.34. The number of hydrogen-bond donors (Lipinski definition) is 1. The van der Waals surface area contributed by atoms with Crippen LogP contribution in [0, 0.1) is 0 Å². The van der Waals surface area contributed by atoms with Crippen molar-refractivity contribution >= 4 is 33.8 Å². The Hall–Kier alpha value is -1.84. The van der Waals surface area contributed by atoms with Crippen molar-refractivity contribution in [3.8, 4) is 11.3 Å². The van der Waals surface area contributed by atoms with E-state index in [1.54, 1.807) is 11.3 Å². The molecule has 2 aromatic carbocycles. The van der Waals surface area contributed by atoms with Crippen LogP contribution in [0.2, 0.25) is 5.02 Å². The summed E-state index contributed by atoms with van der Waals surface area (Å²) >= 11 is 7.75. The third kappa shape index (κ3) is 3.49. The fourth-order valence-corrected chi connectivity index (χ4v) is 3.61. The van der Waals surface area contributed by atoms with Gasteiger partial charge in [0.15, 0.2) is 5.13 Å². The number of nitrogens with zero attached hydrogens (tertiary/aromatic N) is 1. The number of thiazole rings is 1. The zero-order chi connectivity index (χ0) is 15.4. The second kappa shape index (κ2) is 6.95. The highest BCUT2D eigenvalue weighted by atomic mass is 35.5. The van der Waals surface area contributed by atoms with E-state index in [0.717, 1.165) is 34.4 Å². The van der Waals surface area contributed by atoms with Crippen molar-refractivity contribution in [3.05, 3.63) is 64.5 Å². The summed E-state index contributed by atoms with van der Waals surface area (Å²) in [7, 11) is 0. The zero-order valence-corrected chi connectivity index (χ0v) is 13.9. The van der Waals surface area contributed by atoms with Crippen molar-refractivity contribution in [2.45, 2.75) is 19.8 Å². The van der Waals surface area contributed by atoms with Crippen LogP contribution in [0.5, 0.6) is 0 Å². The molecule has 0 bridgehead atoms. The van der Waals surface area contributed by atoms with Crippen molar-refractivity contribution in [2.24, 2.45) is 0 Å². The predicted molar refractivity (Wildman–Crippen MR) is 96.3 cm³/mol. The minimum atomic E-state index is 0.721. The Labute approximate surface area is 139 Å². The van der Waals surface area contributed by atoms with E-state index in [-0.39, 0.29) is 0 Å². The van der Waals surface area contributed by atoms with E-state index in [1.165, 1.54) is 10.4 Å². The summed E-state index contributed by atoms with van der Waals surface area (Å²) in [5.41, 5.74) is 3.21. The molecular weight excluding hydrogens is 312 g/mol. The van der Waals surface area contributed by atoms with Crippen molar-refractivity contribution in [1.82, 2.24) is 4.98 Å². The predicted octanol–water partition coefficient (Wildman–Crippen LogP) is 6.16. The van der Waals surface area contributed by atoms with E-state index in [0.29, 0.717) is 0 Å². The van der Waals surface area contributed by atoms with Gasteiger partial charge < -0.3 is 5.32 Å². The van der Waals surface area contributed by atoms with E-state index < -0.39 is 0 Å². The minimum absolute atomic E-state index is 0.721. The average molecular weight is 329 g/mol. The summed E-state index contributed by atoms with van der Waals surface area (Å²) in [6.45, 7) is 2.19. The number of anilines is 2. The van der Waals surface area contributed by atoms with Crippen LogP contribution in [0.1, 0.15) is 18.2 Å². The summed E-state index contributed by atoms with van der Waals surface area (Å²) in [6.07, 6.45) is 2.15. The number of hydrogen-bond acceptors (Lipinski definition) is 3. The summed E-state index contributed by atoms with van der Waals surface area (Å²) in [5.74, 6) is 0. The van der Waals surface area contributed by atoms with E-state index in [1.807, 2.05) is 30.3 Å². The molecule has 3 aromatic rings. The number of benzene rings is 2. The van der Waals surface area contributed by atoms with Crippen LogP contribution in [-0.4, -0.2) is 4.98 Å². The van der Waals surface area contributed by atoms with Gasteiger partial charge in [-0.15, -0.1) is 11.3 Å². The molecule has 3 rings (SSSR count).